The van der Waals surface area contributed by atoms with Gasteiger partial charge in [-0.25, -0.2) is 0 Å². The van der Waals surface area contributed by atoms with Crippen LogP contribution in [0.1, 0.15) is 23.5 Å². The predicted octanol–water partition coefficient (Wildman–Crippen LogP) is 1.58. The van der Waals surface area contributed by atoms with E-state index in [0.29, 0.717) is 5.92 Å². The van der Waals surface area contributed by atoms with E-state index in [0.717, 1.165) is 6.42 Å². The molecule has 1 aromatic carbocycles. The number of hydrogen-bond donors (Lipinski definition) is 1. The molecule has 13 heavy (non-hydrogen) atoms. The van der Waals surface area contributed by atoms with Gasteiger partial charge in [-0.15, -0.1) is 0 Å². The van der Waals surface area contributed by atoms with Gasteiger partial charge in [-0.2, -0.15) is 0 Å². The summed E-state index contributed by atoms with van der Waals surface area (Å²) in [4.78, 5) is 10.8. The summed E-state index contributed by atoms with van der Waals surface area (Å²) in [6.45, 7) is 2.06. The molecule has 2 unspecified atom stereocenters. The van der Waals surface area contributed by atoms with Crippen LogP contribution in [0.3, 0.4) is 0 Å². The van der Waals surface area contributed by atoms with Crippen LogP contribution in [0.25, 0.3) is 0 Å². The van der Waals surface area contributed by atoms with Crippen molar-refractivity contribution in [3.8, 4) is 0 Å². The van der Waals surface area contributed by atoms with E-state index < -0.39 is 0 Å². The van der Waals surface area contributed by atoms with Gasteiger partial charge in [0.15, 0.2) is 0 Å². The van der Waals surface area contributed by atoms with Gasteiger partial charge in [0.2, 0.25) is 5.91 Å². The molecule has 0 saturated heterocycles. The van der Waals surface area contributed by atoms with Crippen molar-refractivity contribution in [2.75, 3.05) is 0 Å². The smallest absolute Gasteiger partial charge is 0.221 e. The second-order valence-corrected chi connectivity index (χ2v) is 3.76. The summed E-state index contributed by atoms with van der Waals surface area (Å²) in [6.07, 6.45) is 0.929. The molecule has 0 heterocycles. The van der Waals surface area contributed by atoms with Crippen LogP contribution in [0.2, 0.25) is 0 Å². The Hall–Kier alpha value is -1.31. The van der Waals surface area contributed by atoms with Crippen LogP contribution in [-0.2, 0) is 4.79 Å². The van der Waals surface area contributed by atoms with Crippen molar-refractivity contribution in [1.29, 1.82) is 0 Å². The number of carbonyl (C=O) groups excluding carboxylic acids is 1. The van der Waals surface area contributed by atoms with Crippen molar-refractivity contribution in [3.63, 3.8) is 0 Å². The summed E-state index contributed by atoms with van der Waals surface area (Å²) in [6, 6.07) is 8.32. The first kappa shape index (κ1) is 8.30. The van der Waals surface area contributed by atoms with Gasteiger partial charge in [0, 0.05) is 5.92 Å². The van der Waals surface area contributed by atoms with Crippen molar-refractivity contribution in [2.45, 2.75) is 19.3 Å². The molecule has 0 radical (unpaired) electrons. The number of rotatable bonds is 2. The lowest BCUT2D eigenvalue weighted by Gasteiger charge is -1.98. The Morgan fingerprint density at radius 3 is 2.46 bits per heavy atom. The Kier molecular flexibility index (Phi) is 1.83. The number of hydrogen-bond acceptors (Lipinski definition) is 1. The molecule has 2 N–H and O–H groups in total. The normalized spacial score (nSPS) is 25.6. The lowest BCUT2D eigenvalue weighted by molar-refractivity contribution is -0.119. The molecular weight excluding hydrogens is 162 g/mol. The monoisotopic (exact) mass is 175 g/mol. The molecule has 1 aliphatic carbocycles. The molecule has 68 valence electrons. The van der Waals surface area contributed by atoms with E-state index in [1.165, 1.54) is 11.1 Å². The van der Waals surface area contributed by atoms with Crippen LogP contribution in [0.5, 0.6) is 0 Å². The largest absolute Gasteiger partial charge is 0.369 e. The van der Waals surface area contributed by atoms with E-state index in [2.05, 4.69) is 31.2 Å². The zero-order valence-corrected chi connectivity index (χ0v) is 7.66. The maximum absolute atomic E-state index is 10.8. The van der Waals surface area contributed by atoms with Gasteiger partial charge in [-0.3, -0.25) is 4.79 Å². The number of carbonyl (C=O) groups is 1. The first-order chi connectivity index (χ1) is 6.18. The Bertz CT molecular complexity index is 328. The lowest BCUT2D eigenvalue weighted by Crippen LogP contribution is -2.13. The van der Waals surface area contributed by atoms with E-state index in [1.54, 1.807) is 0 Å². The van der Waals surface area contributed by atoms with Gasteiger partial charge in [-0.05, 0) is 24.8 Å². The fourth-order valence-electron chi connectivity index (χ4n) is 1.69. The van der Waals surface area contributed by atoms with Crippen LogP contribution >= 0.6 is 0 Å². The van der Waals surface area contributed by atoms with Crippen molar-refractivity contribution in [2.24, 2.45) is 11.7 Å². The van der Waals surface area contributed by atoms with Crippen LogP contribution in [0.15, 0.2) is 24.3 Å². The third-order valence-corrected chi connectivity index (χ3v) is 2.66. The van der Waals surface area contributed by atoms with Crippen LogP contribution in [0.4, 0.5) is 0 Å². The minimum absolute atomic E-state index is 0.0858. The highest BCUT2D eigenvalue weighted by atomic mass is 16.1. The van der Waals surface area contributed by atoms with Crippen molar-refractivity contribution in [3.05, 3.63) is 35.4 Å². The summed E-state index contributed by atoms with van der Waals surface area (Å²) >= 11 is 0. The Labute approximate surface area is 77.8 Å². The summed E-state index contributed by atoms with van der Waals surface area (Å²) in [5.41, 5.74) is 7.71. The highest BCUT2D eigenvalue weighted by molar-refractivity contribution is 5.81. The fourth-order valence-corrected chi connectivity index (χ4v) is 1.69. The molecule has 2 heteroatoms. The minimum atomic E-state index is -0.162. The first-order valence-corrected chi connectivity index (χ1v) is 4.54. The van der Waals surface area contributed by atoms with E-state index in [-0.39, 0.29) is 11.8 Å². The van der Waals surface area contributed by atoms with Crippen molar-refractivity contribution < 1.29 is 4.79 Å². The first-order valence-electron chi connectivity index (χ1n) is 4.54. The average Bonchev–Trinajstić information content (AvgIpc) is 2.85. The molecule has 0 aromatic heterocycles. The number of aryl methyl sites for hydroxylation is 1. The predicted molar refractivity (Wildman–Crippen MR) is 51.2 cm³/mol. The quantitative estimate of drug-likeness (QED) is 0.728. The fraction of sp³-hybridized carbons (Fsp3) is 0.364. The number of benzene rings is 1. The standard InChI is InChI=1S/C11H13NO/c1-7-2-4-8(5-3-7)9-6-10(9)11(12)13/h2-5,9-10H,6H2,1H3,(H2,12,13). The zero-order valence-electron chi connectivity index (χ0n) is 7.66. The van der Waals surface area contributed by atoms with Crippen LogP contribution in [-0.4, -0.2) is 5.91 Å². The number of amides is 1. The second kappa shape index (κ2) is 2.87. The highest BCUT2D eigenvalue weighted by Gasteiger charge is 2.42. The minimum Gasteiger partial charge on any atom is -0.369 e. The summed E-state index contributed by atoms with van der Waals surface area (Å²) in [5, 5.41) is 0. The summed E-state index contributed by atoms with van der Waals surface area (Å²) in [5.74, 6) is 0.311. The van der Waals surface area contributed by atoms with E-state index in [9.17, 15) is 4.79 Å². The molecule has 1 saturated carbocycles. The molecule has 2 rings (SSSR count). The molecule has 0 spiro atoms. The topological polar surface area (TPSA) is 43.1 Å². The third-order valence-electron chi connectivity index (χ3n) is 2.66. The van der Waals surface area contributed by atoms with Crippen molar-refractivity contribution in [1.82, 2.24) is 0 Å². The van der Waals surface area contributed by atoms with E-state index in [1.807, 2.05) is 0 Å². The maximum Gasteiger partial charge on any atom is 0.221 e. The molecular formula is C11H13NO. The second-order valence-electron chi connectivity index (χ2n) is 3.76. The lowest BCUT2D eigenvalue weighted by atomic mass is 10.1. The third kappa shape index (κ3) is 1.57. The molecule has 0 bridgehead atoms. The van der Waals surface area contributed by atoms with Crippen molar-refractivity contribution >= 4 is 5.91 Å². The Morgan fingerprint density at radius 2 is 2.00 bits per heavy atom. The average molecular weight is 175 g/mol. The molecule has 1 aliphatic rings. The van der Waals surface area contributed by atoms with E-state index in [4.69, 9.17) is 5.73 Å². The Balaban J connectivity index is 2.12. The van der Waals surface area contributed by atoms with Gasteiger partial charge < -0.3 is 5.73 Å². The number of primary amides is 1. The molecule has 1 aromatic rings. The van der Waals surface area contributed by atoms with Gasteiger partial charge in [0.05, 0.1) is 0 Å². The molecule has 0 aliphatic heterocycles. The summed E-state index contributed by atoms with van der Waals surface area (Å²) in [7, 11) is 0. The maximum atomic E-state index is 10.8. The molecule has 2 nitrogen and oxygen atoms in total. The number of nitrogens with two attached hydrogens (primary N) is 1. The van der Waals surface area contributed by atoms with Gasteiger partial charge in [0.1, 0.15) is 0 Å². The van der Waals surface area contributed by atoms with Gasteiger partial charge >= 0.3 is 0 Å². The molecule has 1 amide bonds. The highest BCUT2D eigenvalue weighted by Crippen LogP contribution is 2.46. The Morgan fingerprint density at radius 1 is 1.38 bits per heavy atom. The van der Waals surface area contributed by atoms with Crippen LogP contribution < -0.4 is 5.73 Å². The zero-order chi connectivity index (χ0) is 9.42. The van der Waals surface area contributed by atoms with E-state index >= 15 is 0 Å². The summed E-state index contributed by atoms with van der Waals surface area (Å²) < 4.78 is 0. The van der Waals surface area contributed by atoms with Crippen LogP contribution in [0, 0.1) is 12.8 Å². The SMILES string of the molecule is Cc1ccc(C2CC2C(N)=O)cc1. The van der Waals surface area contributed by atoms with Gasteiger partial charge in [0.25, 0.3) is 0 Å². The van der Waals surface area contributed by atoms with Gasteiger partial charge in [-0.1, -0.05) is 29.8 Å². The molecule has 1 fully saturated rings. The molecule has 2 atom stereocenters.